The molecule has 0 heterocycles. The van der Waals surface area contributed by atoms with Gasteiger partial charge in [0, 0.05) is 12.1 Å². The van der Waals surface area contributed by atoms with Crippen LogP contribution in [0.4, 0.5) is 20.2 Å². The summed E-state index contributed by atoms with van der Waals surface area (Å²) in [6, 6.07) is 9.88. The van der Waals surface area contributed by atoms with Crippen LogP contribution in [-0.4, -0.2) is 19.1 Å². The highest BCUT2D eigenvalue weighted by molar-refractivity contribution is 7.91. The Morgan fingerprint density at radius 2 is 1.72 bits per heavy atom. The first-order valence-corrected chi connectivity index (χ1v) is 8.81. The van der Waals surface area contributed by atoms with Crippen molar-refractivity contribution in [3.8, 4) is 0 Å². The van der Waals surface area contributed by atoms with Gasteiger partial charge in [0.15, 0.2) is 0 Å². The molecular formula is C16H16F2N2O4S. The molecule has 0 bridgehead atoms. The molecule has 2 rings (SSSR count). The van der Waals surface area contributed by atoms with Crippen LogP contribution in [0, 0.1) is 17.0 Å². The van der Waals surface area contributed by atoms with Crippen molar-refractivity contribution in [2.24, 2.45) is 0 Å². The molecule has 2 aromatic rings. The Morgan fingerprint density at radius 1 is 1.12 bits per heavy atom. The highest BCUT2D eigenvalue weighted by atomic mass is 32.2. The van der Waals surface area contributed by atoms with Crippen LogP contribution in [0.5, 0.6) is 0 Å². The van der Waals surface area contributed by atoms with Gasteiger partial charge in [-0.3, -0.25) is 10.1 Å². The second-order valence-electron chi connectivity index (χ2n) is 5.52. The van der Waals surface area contributed by atoms with Crippen LogP contribution >= 0.6 is 0 Å². The van der Waals surface area contributed by atoms with Gasteiger partial charge in [-0.25, -0.2) is 8.42 Å². The molecule has 9 heteroatoms. The number of alkyl halides is 2. The van der Waals surface area contributed by atoms with Crippen LogP contribution in [-0.2, 0) is 9.84 Å². The average Bonchev–Trinajstić information content (AvgIpc) is 2.55. The third-order valence-corrected chi connectivity index (χ3v) is 5.06. The van der Waals surface area contributed by atoms with Crippen molar-refractivity contribution < 1.29 is 22.1 Å². The number of hydrogen-bond acceptors (Lipinski definition) is 5. The van der Waals surface area contributed by atoms with Crippen LogP contribution in [0.25, 0.3) is 0 Å². The number of rotatable bonds is 6. The molecular weight excluding hydrogens is 354 g/mol. The summed E-state index contributed by atoms with van der Waals surface area (Å²) in [4.78, 5) is 9.62. The second-order valence-corrected chi connectivity index (χ2v) is 7.44. The Balaban J connectivity index is 2.38. The Morgan fingerprint density at radius 3 is 2.24 bits per heavy atom. The number of halogens is 2. The Bertz CT molecular complexity index is 884. The van der Waals surface area contributed by atoms with Gasteiger partial charge < -0.3 is 5.32 Å². The number of benzene rings is 2. The van der Waals surface area contributed by atoms with E-state index < -0.39 is 31.1 Å². The van der Waals surface area contributed by atoms with Crippen molar-refractivity contribution >= 4 is 21.2 Å². The fourth-order valence-electron chi connectivity index (χ4n) is 2.24. The van der Waals surface area contributed by atoms with E-state index in [9.17, 15) is 27.3 Å². The summed E-state index contributed by atoms with van der Waals surface area (Å²) in [5.41, 5.74) is 1.39. The van der Waals surface area contributed by atoms with E-state index in [1.165, 1.54) is 0 Å². The van der Waals surface area contributed by atoms with Gasteiger partial charge in [-0.05, 0) is 31.5 Å². The molecule has 2 aromatic carbocycles. The molecule has 1 unspecified atom stereocenters. The molecule has 0 aliphatic carbocycles. The lowest BCUT2D eigenvalue weighted by molar-refractivity contribution is -0.384. The van der Waals surface area contributed by atoms with E-state index >= 15 is 0 Å². The maximum absolute atomic E-state index is 12.6. The zero-order valence-corrected chi connectivity index (χ0v) is 14.3. The zero-order valence-electron chi connectivity index (χ0n) is 13.4. The van der Waals surface area contributed by atoms with E-state index in [0.717, 1.165) is 23.3 Å². The summed E-state index contributed by atoms with van der Waals surface area (Å²) < 4.78 is 48.2. The highest BCUT2D eigenvalue weighted by Gasteiger charge is 2.29. The van der Waals surface area contributed by atoms with Crippen molar-refractivity contribution in [3.05, 3.63) is 63.7 Å². The number of nitrogens with zero attached hydrogens (tertiary/aromatic N) is 1. The lowest BCUT2D eigenvalue weighted by Crippen LogP contribution is -2.13. The van der Waals surface area contributed by atoms with Gasteiger partial charge in [-0.1, -0.05) is 29.8 Å². The number of nitro benzene ring substituents is 1. The van der Waals surface area contributed by atoms with E-state index in [1.54, 1.807) is 6.92 Å². The molecule has 134 valence electrons. The lowest BCUT2D eigenvalue weighted by atomic mass is 10.1. The molecule has 0 saturated carbocycles. The van der Waals surface area contributed by atoms with E-state index in [-0.39, 0.29) is 11.7 Å². The molecule has 0 aliphatic rings. The van der Waals surface area contributed by atoms with Crippen LogP contribution in [0.2, 0.25) is 0 Å². The van der Waals surface area contributed by atoms with Gasteiger partial charge in [0.1, 0.15) is 5.69 Å². The third kappa shape index (κ3) is 4.11. The monoisotopic (exact) mass is 370 g/mol. The Hall–Kier alpha value is -2.55. The summed E-state index contributed by atoms with van der Waals surface area (Å²) in [5, 5.41) is 14.1. The summed E-state index contributed by atoms with van der Waals surface area (Å²) in [5.74, 6) is -3.64. The van der Waals surface area contributed by atoms with Crippen LogP contribution < -0.4 is 5.32 Å². The normalized spacial score (nSPS) is 12.8. The molecule has 0 radical (unpaired) electrons. The molecule has 6 nitrogen and oxygen atoms in total. The first-order chi connectivity index (χ1) is 11.6. The molecule has 0 aliphatic heterocycles. The Labute approximate surface area is 143 Å². The first-order valence-electron chi connectivity index (χ1n) is 7.26. The average molecular weight is 370 g/mol. The van der Waals surface area contributed by atoms with Gasteiger partial charge in [0.05, 0.1) is 9.82 Å². The largest absolute Gasteiger partial charge is 0.373 e. The fraction of sp³-hybridized carbons (Fsp3) is 0.250. The minimum atomic E-state index is -4.90. The van der Waals surface area contributed by atoms with E-state index in [2.05, 4.69) is 5.32 Å². The SMILES string of the molecule is Cc1ccc(C(C)Nc2ccc(S(=O)(=O)C(F)F)cc2[N+](=O)[O-])cc1. The minimum Gasteiger partial charge on any atom is -0.373 e. The van der Waals surface area contributed by atoms with Gasteiger partial charge in [-0.2, -0.15) is 8.78 Å². The summed E-state index contributed by atoms with van der Waals surface area (Å²) in [6.07, 6.45) is 0. The van der Waals surface area contributed by atoms with Crippen molar-refractivity contribution in [1.82, 2.24) is 0 Å². The van der Waals surface area contributed by atoms with Crippen molar-refractivity contribution in [3.63, 3.8) is 0 Å². The van der Waals surface area contributed by atoms with Gasteiger partial charge >= 0.3 is 5.76 Å². The van der Waals surface area contributed by atoms with E-state index in [0.29, 0.717) is 6.07 Å². The summed E-state index contributed by atoms with van der Waals surface area (Å²) >= 11 is 0. The molecule has 0 spiro atoms. The standard InChI is InChI=1S/C16H16F2N2O4S/c1-10-3-5-12(6-4-10)11(2)19-14-8-7-13(9-15(14)20(21)22)25(23,24)16(17)18/h3-9,11,16,19H,1-2H3. The van der Waals surface area contributed by atoms with Crippen molar-refractivity contribution in [2.45, 2.75) is 30.5 Å². The van der Waals surface area contributed by atoms with Crippen molar-refractivity contribution in [1.29, 1.82) is 0 Å². The molecule has 0 amide bonds. The molecule has 0 aromatic heterocycles. The molecule has 25 heavy (non-hydrogen) atoms. The summed E-state index contributed by atoms with van der Waals surface area (Å²) in [7, 11) is -4.90. The number of hydrogen-bond donors (Lipinski definition) is 1. The fourth-order valence-corrected chi connectivity index (χ4v) is 2.98. The van der Waals surface area contributed by atoms with Gasteiger partial charge in [0.2, 0.25) is 9.84 Å². The van der Waals surface area contributed by atoms with Gasteiger partial charge in [-0.15, -0.1) is 0 Å². The van der Waals surface area contributed by atoms with Crippen LogP contribution in [0.1, 0.15) is 24.1 Å². The van der Waals surface area contributed by atoms with Crippen LogP contribution in [0.3, 0.4) is 0 Å². The second kappa shape index (κ2) is 7.14. The maximum atomic E-state index is 12.6. The number of nitrogens with one attached hydrogen (secondary N) is 1. The highest BCUT2D eigenvalue weighted by Crippen LogP contribution is 2.32. The van der Waals surface area contributed by atoms with E-state index in [1.807, 2.05) is 31.2 Å². The number of sulfone groups is 1. The van der Waals surface area contributed by atoms with Crippen molar-refractivity contribution in [2.75, 3.05) is 5.32 Å². The maximum Gasteiger partial charge on any atom is 0.341 e. The molecule has 0 saturated heterocycles. The number of aryl methyl sites for hydroxylation is 1. The topological polar surface area (TPSA) is 89.3 Å². The molecule has 0 fully saturated rings. The van der Waals surface area contributed by atoms with Gasteiger partial charge in [0.25, 0.3) is 5.69 Å². The van der Waals surface area contributed by atoms with E-state index in [4.69, 9.17) is 0 Å². The lowest BCUT2D eigenvalue weighted by Gasteiger charge is -2.16. The predicted octanol–water partition coefficient (Wildman–Crippen LogP) is 4.07. The predicted molar refractivity (Wildman–Crippen MR) is 89.5 cm³/mol. The number of anilines is 1. The molecule has 1 atom stereocenters. The van der Waals surface area contributed by atoms with Crippen LogP contribution in [0.15, 0.2) is 47.4 Å². The number of nitro groups is 1. The molecule has 1 N–H and O–H groups in total. The Kier molecular flexibility index (Phi) is 5.36. The first kappa shape index (κ1) is 18.8. The third-order valence-electron chi connectivity index (χ3n) is 3.68. The minimum absolute atomic E-state index is 0.0475. The smallest absolute Gasteiger partial charge is 0.341 e. The zero-order chi connectivity index (χ0) is 18.8. The quantitative estimate of drug-likeness (QED) is 0.611. The summed E-state index contributed by atoms with van der Waals surface area (Å²) in [6.45, 7) is 3.70.